The predicted octanol–water partition coefficient (Wildman–Crippen LogP) is 1.91. The number of carbonyl (C=O) groups is 1. The third-order valence-corrected chi connectivity index (χ3v) is 3.89. The van der Waals surface area contributed by atoms with Crippen molar-refractivity contribution in [3.05, 3.63) is 0 Å². The second-order valence-electron chi connectivity index (χ2n) is 5.42. The van der Waals surface area contributed by atoms with E-state index in [0.29, 0.717) is 11.8 Å². The van der Waals surface area contributed by atoms with Crippen molar-refractivity contribution >= 4 is 5.91 Å². The Balaban J connectivity index is 2.39. The van der Waals surface area contributed by atoms with Gasteiger partial charge in [-0.1, -0.05) is 27.2 Å². The van der Waals surface area contributed by atoms with Crippen LogP contribution in [-0.2, 0) is 4.79 Å². The van der Waals surface area contributed by atoms with Crippen LogP contribution in [0.25, 0.3) is 0 Å². The molecular formula is C13H26N2O. The Morgan fingerprint density at radius 2 is 2.19 bits per heavy atom. The maximum atomic E-state index is 12.0. The Kier molecular flexibility index (Phi) is 5.26. The number of rotatable bonds is 4. The fourth-order valence-corrected chi connectivity index (χ4v) is 2.27. The van der Waals surface area contributed by atoms with Crippen LogP contribution in [-0.4, -0.2) is 18.5 Å². The van der Waals surface area contributed by atoms with Crippen LogP contribution in [0, 0.1) is 17.8 Å². The molecule has 4 atom stereocenters. The summed E-state index contributed by atoms with van der Waals surface area (Å²) < 4.78 is 0. The minimum absolute atomic E-state index is 0.132. The molecule has 0 heterocycles. The van der Waals surface area contributed by atoms with E-state index in [0.717, 1.165) is 32.2 Å². The van der Waals surface area contributed by atoms with Crippen LogP contribution < -0.4 is 11.1 Å². The molecule has 0 aromatic carbocycles. The second-order valence-corrected chi connectivity index (χ2v) is 5.42. The van der Waals surface area contributed by atoms with Crippen LogP contribution in [0.2, 0.25) is 0 Å². The van der Waals surface area contributed by atoms with Crippen molar-refractivity contribution in [3.8, 4) is 0 Å². The zero-order chi connectivity index (χ0) is 12.1. The lowest BCUT2D eigenvalue weighted by Gasteiger charge is -2.31. The number of nitrogens with two attached hydrogens (primary N) is 1. The summed E-state index contributed by atoms with van der Waals surface area (Å²) in [6.45, 7) is 7.28. The second kappa shape index (κ2) is 6.24. The molecule has 0 aliphatic heterocycles. The molecule has 3 heteroatoms. The lowest BCUT2D eigenvalue weighted by molar-refractivity contribution is -0.127. The SMILES string of the molecule is CCC(C)CNC(=O)C1CC(N)CCC1C. The van der Waals surface area contributed by atoms with Crippen molar-refractivity contribution in [2.24, 2.45) is 23.5 Å². The molecule has 3 nitrogen and oxygen atoms in total. The van der Waals surface area contributed by atoms with Gasteiger partial charge in [-0.2, -0.15) is 0 Å². The summed E-state index contributed by atoms with van der Waals surface area (Å²) in [5.41, 5.74) is 5.93. The van der Waals surface area contributed by atoms with Gasteiger partial charge >= 0.3 is 0 Å². The quantitative estimate of drug-likeness (QED) is 0.769. The summed E-state index contributed by atoms with van der Waals surface area (Å²) in [4.78, 5) is 12.0. The highest BCUT2D eigenvalue weighted by Gasteiger charge is 2.31. The van der Waals surface area contributed by atoms with Crippen LogP contribution in [0.5, 0.6) is 0 Å². The zero-order valence-electron chi connectivity index (χ0n) is 10.8. The van der Waals surface area contributed by atoms with Gasteiger partial charge in [0, 0.05) is 18.5 Å². The van der Waals surface area contributed by atoms with Crippen LogP contribution in [0.3, 0.4) is 0 Å². The number of hydrogen-bond acceptors (Lipinski definition) is 2. The average Bonchev–Trinajstić information content (AvgIpc) is 2.28. The van der Waals surface area contributed by atoms with Gasteiger partial charge in [0.25, 0.3) is 0 Å². The minimum Gasteiger partial charge on any atom is -0.356 e. The summed E-state index contributed by atoms with van der Waals surface area (Å²) in [5.74, 6) is 1.39. The van der Waals surface area contributed by atoms with Crippen LogP contribution in [0.4, 0.5) is 0 Å². The highest BCUT2D eigenvalue weighted by atomic mass is 16.1. The molecule has 0 aromatic heterocycles. The van der Waals surface area contributed by atoms with Gasteiger partial charge in [0.1, 0.15) is 0 Å². The maximum Gasteiger partial charge on any atom is 0.223 e. The Hall–Kier alpha value is -0.570. The van der Waals surface area contributed by atoms with Gasteiger partial charge in [0.15, 0.2) is 0 Å². The molecule has 16 heavy (non-hydrogen) atoms. The molecule has 1 saturated carbocycles. The van der Waals surface area contributed by atoms with Crippen molar-refractivity contribution in [3.63, 3.8) is 0 Å². The number of carbonyl (C=O) groups excluding carboxylic acids is 1. The monoisotopic (exact) mass is 226 g/mol. The van der Waals surface area contributed by atoms with E-state index in [1.807, 2.05) is 0 Å². The van der Waals surface area contributed by atoms with E-state index < -0.39 is 0 Å². The molecule has 3 N–H and O–H groups in total. The third kappa shape index (κ3) is 3.78. The lowest BCUT2D eigenvalue weighted by Crippen LogP contribution is -2.42. The fraction of sp³-hybridized carbons (Fsp3) is 0.923. The Morgan fingerprint density at radius 1 is 1.50 bits per heavy atom. The standard InChI is InChI=1S/C13H26N2O/c1-4-9(2)8-15-13(16)12-7-11(14)6-5-10(12)3/h9-12H,4-8,14H2,1-3H3,(H,15,16). The summed E-state index contributed by atoms with van der Waals surface area (Å²) in [5, 5.41) is 3.06. The molecule has 1 fully saturated rings. The average molecular weight is 226 g/mol. The van der Waals surface area contributed by atoms with E-state index in [1.165, 1.54) is 0 Å². The summed E-state index contributed by atoms with van der Waals surface area (Å²) in [7, 11) is 0. The van der Waals surface area contributed by atoms with Gasteiger partial charge in [-0.3, -0.25) is 4.79 Å². The van der Waals surface area contributed by atoms with Gasteiger partial charge in [-0.25, -0.2) is 0 Å². The minimum atomic E-state index is 0.132. The Morgan fingerprint density at radius 3 is 2.81 bits per heavy atom. The van der Waals surface area contributed by atoms with Crippen LogP contribution >= 0.6 is 0 Å². The molecule has 0 bridgehead atoms. The molecule has 1 aliphatic carbocycles. The predicted molar refractivity (Wildman–Crippen MR) is 66.9 cm³/mol. The maximum absolute atomic E-state index is 12.0. The first-order valence-corrected chi connectivity index (χ1v) is 6.57. The lowest BCUT2D eigenvalue weighted by atomic mass is 9.77. The van der Waals surface area contributed by atoms with Crippen LogP contribution in [0.15, 0.2) is 0 Å². The first-order valence-electron chi connectivity index (χ1n) is 6.57. The van der Waals surface area contributed by atoms with Gasteiger partial charge in [-0.15, -0.1) is 0 Å². The summed E-state index contributed by atoms with van der Waals surface area (Å²) in [6, 6.07) is 0.218. The van der Waals surface area contributed by atoms with E-state index in [-0.39, 0.29) is 17.9 Å². The Bertz CT molecular complexity index is 230. The number of hydrogen-bond donors (Lipinski definition) is 2. The van der Waals surface area contributed by atoms with E-state index in [4.69, 9.17) is 5.73 Å². The van der Waals surface area contributed by atoms with Crippen molar-refractivity contribution in [1.82, 2.24) is 5.32 Å². The summed E-state index contributed by atoms with van der Waals surface area (Å²) in [6.07, 6.45) is 4.12. The summed E-state index contributed by atoms with van der Waals surface area (Å²) >= 11 is 0. The van der Waals surface area contributed by atoms with Crippen molar-refractivity contribution in [1.29, 1.82) is 0 Å². The van der Waals surface area contributed by atoms with Crippen molar-refractivity contribution in [2.75, 3.05) is 6.54 Å². The Labute approximate surface area is 99.2 Å². The molecule has 0 radical (unpaired) electrons. The molecule has 4 unspecified atom stereocenters. The van der Waals surface area contributed by atoms with Crippen molar-refractivity contribution < 1.29 is 4.79 Å². The molecule has 1 amide bonds. The number of amides is 1. The van der Waals surface area contributed by atoms with Crippen molar-refractivity contribution in [2.45, 2.75) is 52.5 Å². The van der Waals surface area contributed by atoms with Gasteiger partial charge < -0.3 is 11.1 Å². The molecule has 0 saturated heterocycles. The molecule has 1 rings (SSSR count). The number of nitrogens with one attached hydrogen (secondary N) is 1. The van der Waals surface area contributed by atoms with Gasteiger partial charge in [0.2, 0.25) is 5.91 Å². The molecule has 1 aliphatic rings. The fourth-order valence-electron chi connectivity index (χ4n) is 2.27. The van der Waals surface area contributed by atoms with Gasteiger partial charge in [-0.05, 0) is 31.1 Å². The van der Waals surface area contributed by atoms with E-state index in [2.05, 4.69) is 26.1 Å². The normalized spacial score (nSPS) is 32.1. The highest BCUT2D eigenvalue weighted by Crippen LogP contribution is 2.29. The molecule has 0 aromatic rings. The molecule has 0 spiro atoms. The topological polar surface area (TPSA) is 55.1 Å². The molecular weight excluding hydrogens is 200 g/mol. The van der Waals surface area contributed by atoms with E-state index >= 15 is 0 Å². The van der Waals surface area contributed by atoms with E-state index in [1.54, 1.807) is 0 Å². The third-order valence-electron chi connectivity index (χ3n) is 3.89. The van der Waals surface area contributed by atoms with Gasteiger partial charge in [0.05, 0.1) is 0 Å². The molecule has 94 valence electrons. The largest absolute Gasteiger partial charge is 0.356 e. The van der Waals surface area contributed by atoms with Crippen LogP contribution in [0.1, 0.15) is 46.5 Å². The first kappa shape index (κ1) is 13.5. The van der Waals surface area contributed by atoms with E-state index in [9.17, 15) is 4.79 Å². The highest BCUT2D eigenvalue weighted by molar-refractivity contribution is 5.79. The first-order chi connectivity index (χ1) is 7.54. The zero-order valence-corrected chi connectivity index (χ0v) is 10.8. The smallest absolute Gasteiger partial charge is 0.223 e.